The maximum absolute atomic E-state index is 12.8. The Balaban J connectivity index is 4.48. The van der Waals surface area contributed by atoms with Crippen LogP contribution >= 0.6 is 0 Å². The molecule has 1 atom stereocenters. The van der Waals surface area contributed by atoms with Gasteiger partial charge in [-0.1, -0.05) is 220 Å². The van der Waals surface area contributed by atoms with Crippen molar-refractivity contribution >= 4 is 17.9 Å². The molecular weight excluding hydrogens is 781 g/mol. The summed E-state index contributed by atoms with van der Waals surface area (Å²) in [6.07, 6.45) is 67.7. The fourth-order valence-corrected chi connectivity index (χ4v) is 6.58. The van der Waals surface area contributed by atoms with Gasteiger partial charge in [-0.25, -0.2) is 0 Å². The maximum Gasteiger partial charge on any atom is 0.306 e. The molecule has 0 aromatic rings. The van der Waals surface area contributed by atoms with Crippen molar-refractivity contribution in [2.24, 2.45) is 0 Å². The van der Waals surface area contributed by atoms with Gasteiger partial charge in [-0.3, -0.25) is 14.4 Å². The van der Waals surface area contributed by atoms with Crippen molar-refractivity contribution < 1.29 is 28.6 Å². The zero-order chi connectivity index (χ0) is 45.8. The summed E-state index contributed by atoms with van der Waals surface area (Å²) in [5.74, 6) is -0.951. The quantitative estimate of drug-likeness (QED) is 0.0199. The molecule has 1 unspecified atom stereocenters. The van der Waals surface area contributed by atoms with Gasteiger partial charge in [0.15, 0.2) is 6.10 Å². The molecule has 0 amide bonds. The first-order valence-corrected chi connectivity index (χ1v) is 25.5. The lowest BCUT2D eigenvalue weighted by atomic mass is 10.1. The molecule has 0 aromatic carbocycles. The Bertz CT molecular complexity index is 1330. The number of hydrogen-bond donors (Lipinski definition) is 0. The second kappa shape index (κ2) is 50.7. The van der Waals surface area contributed by atoms with Crippen LogP contribution in [0.4, 0.5) is 0 Å². The van der Waals surface area contributed by atoms with Crippen molar-refractivity contribution in [3.63, 3.8) is 0 Å². The average Bonchev–Trinajstić information content (AvgIpc) is 3.28. The minimum atomic E-state index is -0.800. The summed E-state index contributed by atoms with van der Waals surface area (Å²) in [5, 5.41) is 0. The van der Waals surface area contributed by atoms with E-state index in [4.69, 9.17) is 14.2 Å². The molecular formula is C57H92O6. The van der Waals surface area contributed by atoms with E-state index < -0.39 is 6.10 Å². The van der Waals surface area contributed by atoms with E-state index in [9.17, 15) is 14.4 Å². The molecule has 0 rings (SSSR count). The average molecular weight is 873 g/mol. The summed E-state index contributed by atoms with van der Waals surface area (Å²) in [6.45, 7) is 6.34. The fraction of sp³-hybridized carbons (Fsp3) is 0.632. The van der Waals surface area contributed by atoms with Crippen molar-refractivity contribution in [1.29, 1.82) is 0 Å². The third kappa shape index (κ3) is 49.0. The van der Waals surface area contributed by atoms with Gasteiger partial charge in [-0.2, -0.15) is 0 Å². The van der Waals surface area contributed by atoms with Gasteiger partial charge in [0.25, 0.3) is 0 Å². The molecule has 0 spiro atoms. The van der Waals surface area contributed by atoms with Gasteiger partial charge in [0.2, 0.25) is 0 Å². The van der Waals surface area contributed by atoms with Crippen molar-refractivity contribution in [3.05, 3.63) is 109 Å². The van der Waals surface area contributed by atoms with Gasteiger partial charge >= 0.3 is 17.9 Å². The Hall–Kier alpha value is -3.93. The van der Waals surface area contributed by atoms with Crippen LogP contribution in [0.1, 0.15) is 213 Å². The summed E-state index contributed by atoms with van der Waals surface area (Å²) in [7, 11) is 0. The van der Waals surface area contributed by atoms with E-state index >= 15 is 0 Å². The highest BCUT2D eigenvalue weighted by atomic mass is 16.6. The Kier molecular flexibility index (Phi) is 47.5. The summed E-state index contributed by atoms with van der Waals surface area (Å²) in [6, 6.07) is 0. The standard InChI is InChI=1S/C57H92O6/c1-4-7-10-13-16-19-22-25-27-28-29-31-32-35-38-41-44-47-50-56(59)62-53-54(52-61-55(58)49-46-43-40-37-34-24-21-18-15-12-9-6-3)63-57(60)51-48-45-42-39-36-33-30-26-23-20-17-14-11-8-5-2/h8,10-11,13-14,16-23,25,27-29,31,54H,4-7,9,12,15,24,26,30,32-53H2,1-3H3/b11-8-,13-10-,17-14-,19-16-,21-18-,23-20-,25-22-,28-27-,31-29-. The molecule has 0 aliphatic carbocycles. The Morgan fingerprint density at radius 1 is 0.333 bits per heavy atom. The molecule has 0 N–H and O–H groups in total. The van der Waals surface area contributed by atoms with Crippen LogP contribution in [-0.4, -0.2) is 37.2 Å². The number of hydrogen-bond acceptors (Lipinski definition) is 6. The number of allylic oxidation sites excluding steroid dienone is 18. The molecule has 356 valence electrons. The van der Waals surface area contributed by atoms with Crippen molar-refractivity contribution in [2.45, 2.75) is 219 Å². The zero-order valence-corrected chi connectivity index (χ0v) is 40.5. The van der Waals surface area contributed by atoms with E-state index in [0.29, 0.717) is 19.3 Å². The molecule has 0 heterocycles. The van der Waals surface area contributed by atoms with Gasteiger partial charge in [0.05, 0.1) is 0 Å². The van der Waals surface area contributed by atoms with E-state index in [1.807, 2.05) is 24.3 Å². The molecule has 0 aliphatic rings. The first-order chi connectivity index (χ1) is 31.0. The Morgan fingerprint density at radius 2 is 0.667 bits per heavy atom. The van der Waals surface area contributed by atoms with E-state index in [0.717, 1.165) is 116 Å². The van der Waals surface area contributed by atoms with Gasteiger partial charge in [-0.15, -0.1) is 0 Å². The number of carbonyl (C=O) groups is 3. The molecule has 0 fully saturated rings. The van der Waals surface area contributed by atoms with E-state index in [1.165, 1.54) is 57.8 Å². The number of rotatable bonds is 44. The lowest BCUT2D eigenvalue weighted by Crippen LogP contribution is -2.30. The summed E-state index contributed by atoms with van der Waals surface area (Å²) in [5.41, 5.74) is 0. The molecule has 6 heteroatoms. The number of carbonyl (C=O) groups excluding carboxylic acids is 3. The molecule has 0 aromatic heterocycles. The predicted molar refractivity (Wildman–Crippen MR) is 270 cm³/mol. The topological polar surface area (TPSA) is 78.9 Å². The lowest BCUT2D eigenvalue weighted by molar-refractivity contribution is -0.167. The van der Waals surface area contributed by atoms with Crippen LogP contribution < -0.4 is 0 Å². The van der Waals surface area contributed by atoms with Crippen LogP contribution in [0.2, 0.25) is 0 Å². The van der Waals surface area contributed by atoms with Crippen LogP contribution in [0.5, 0.6) is 0 Å². The van der Waals surface area contributed by atoms with Crippen LogP contribution in [-0.2, 0) is 28.6 Å². The fourth-order valence-electron chi connectivity index (χ4n) is 6.58. The summed E-state index contributed by atoms with van der Waals surface area (Å²) >= 11 is 0. The number of ether oxygens (including phenoxy) is 3. The SMILES string of the molecule is CC\C=C/C=C\C=C/CCCCCCCCCC(=O)OC(COC(=O)CCCCCCC\C=C/C=C\C=C/C=C\C=C/CCC)COC(=O)CCCCCCC/C=C\CCCCC. The first-order valence-electron chi connectivity index (χ1n) is 25.5. The Labute approximate surface area is 387 Å². The van der Waals surface area contributed by atoms with E-state index in [2.05, 4.69) is 106 Å². The minimum Gasteiger partial charge on any atom is -0.462 e. The third-order valence-electron chi connectivity index (χ3n) is 10.4. The normalized spacial score (nSPS) is 13.0. The van der Waals surface area contributed by atoms with E-state index in [-0.39, 0.29) is 31.1 Å². The molecule has 0 aliphatic heterocycles. The molecule has 6 nitrogen and oxygen atoms in total. The number of esters is 3. The lowest BCUT2D eigenvalue weighted by Gasteiger charge is -2.18. The molecule has 0 saturated carbocycles. The number of unbranched alkanes of at least 4 members (excludes halogenated alkanes) is 21. The van der Waals surface area contributed by atoms with Gasteiger partial charge in [0.1, 0.15) is 13.2 Å². The Morgan fingerprint density at radius 3 is 1.08 bits per heavy atom. The zero-order valence-electron chi connectivity index (χ0n) is 40.5. The van der Waals surface area contributed by atoms with Crippen molar-refractivity contribution in [3.8, 4) is 0 Å². The second-order valence-electron chi connectivity index (χ2n) is 16.5. The highest BCUT2D eigenvalue weighted by molar-refractivity contribution is 5.71. The van der Waals surface area contributed by atoms with Crippen LogP contribution in [0.3, 0.4) is 0 Å². The van der Waals surface area contributed by atoms with Gasteiger partial charge < -0.3 is 14.2 Å². The second-order valence-corrected chi connectivity index (χ2v) is 16.5. The molecule has 63 heavy (non-hydrogen) atoms. The highest BCUT2D eigenvalue weighted by Gasteiger charge is 2.19. The maximum atomic E-state index is 12.8. The van der Waals surface area contributed by atoms with Crippen molar-refractivity contribution in [1.82, 2.24) is 0 Å². The predicted octanol–water partition coefficient (Wildman–Crippen LogP) is 16.8. The van der Waals surface area contributed by atoms with E-state index in [1.54, 1.807) is 0 Å². The smallest absolute Gasteiger partial charge is 0.306 e. The molecule has 0 saturated heterocycles. The van der Waals surface area contributed by atoms with Crippen LogP contribution in [0.25, 0.3) is 0 Å². The third-order valence-corrected chi connectivity index (χ3v) is 10.4. The van der Waals surface area contributed by atoms with Gasteiger partial charge in [-0.05, 0) is 83.5 Å². The monoisotopic (exact) mass is 873 g/mol. The summed E-state index contributed by atoms with van der Waals surface area (Å²) < 4.78 is 16.8. The molecule has 0 bridgehead atoms. The largest absolute Gasteiger partial charge is 0.462 e. The minimum absolute atomic E-state index is 0.0981. The highest BCUT2D eigenvalue weighted by Crippen LogP contribution is 2.14. The van der Waals surface area contributed by atoms with Crippen LogP contribution in [0, 0.1) is 0 Å². The summed E-state index contributed by atoms with van der Waals surface area (Å²) in [4.78, 5) is 38.0. The van der Waals surface area contributed by atoms with Gasteiger partial charge in [0, 0.05) is 19.3 Å². The van der Waals surface area contributed by atoms with Crippen LogP contribution in [0.15, 0.2) is 109 Å². The molecule has 0 radical (unpaired) electrons. The first kappa shape index (κ1) is 59.1. The van der Waals surface area contributed by atoms with Crippen molar-refractivity contribution in [2.75, 3.05) is 13.2 Å².